The summed E-state index contributed by atoms with van der Waals surface area (Å²) in [6.45, 7) is 7.55. The van der Waals surface area contributed by atoms with Crippen LogP contribution in [0.2, 0.25) is 0 Å². The summed E-state index contributed by atoms with van der Waals surface area (Å²) in [5.74, 6) is 0. The number of rotatable bonds is 3. The Bertz CT molecular complexity index is 502. The van der Waals surface area contributed by atoms with E-state index in [1.807, 2.05) is 26.8 Å². The minimum Gasteiger partial charge on any atom is -0.326 e. The van der Waals surface area contributed by atoms with Crippen LogP contribution >= 0.6 is 0 Å². The predicted octanol–water partition coefficient (Wildman–Crippen LogP) is 1.53. The summed E-state index contributed by atoms with van der Waals surface area (Å²) < 4.78 is 27.0. The zero-order valence-corrected chi connectivity index (χ0v) is 11.6. The SMILES string of the molecule is Cc1c(CN)cccc1S(=O)(=O)NC(C)(C)C. The van der Waals surface area contributed by atoms with Crippen LogP contribution in [-0.2, 0) is 16.6 Å². The molecule has 0 atom stereocenters. The van der Waals surface area contributed by atoms with E-state index in [0.29, 0.717) is 17.0 Å². The average Bonchev–Trinajstić information content (AvgIpc) is 2.14. The maximum Gasteiger partial charge on any atom is 0.241 e. The molecule has 0 radical (unpaired) electrons. The lowest BCUT2D eigenvalue weighted by Gasteiger charge is -2.21. The van der Waals surface area contributed by atoms with Crippen molar-refractivity contribution >= 4 is 10.0 Å². The van der Waals surface area contributed by atoms with Crippen LogP contribution in [0, 0.1) is 6.92 Å². The molecule has 0 fully saturated rings. The third-order valence-electron chi connectivity index (χ3n) is 2.35. The zero-order chi connectivity index (χ0) is 13.3. The lowest BCUT2D eigenvalue weighted by atomic mass is 10.1. The fourth-order valence-corrected chi connectivity index (χ4v) is 3.34. The highest BCUT2D eigenvalue weighted by Gasteiger charge is 2.23. The van der Waals surface area contributed by atoms with E-state index in [0.717, 1.165) is 5.56 Å². The molecule has 0 aliphatic carbocycles. The number of hydrogen-bond acceptors (Lipinski definition) is 3. The summed E-state index contributed by atoms with van der Waals surface area (Å²) in [5.41, 5.74) is 6.64. The number of nitrogens with two attached hydrogens (primary N) is 1. The average molecular weight is 256 g/mol. The molecule has 0 saturated carbocycles. The first-order valence-corrected chi connectivity index (χ1v) is 6.98. The first-order chi connectivity index (χ1) is 7.67. The van der Waals surface area contributed by atoms with Crippen molar-refractivity contribution in [2.24, 2.45) is 5.73 Å². The van der Waals surface area contributed by atoms with Crippen LogP contribution in [0.1, 0.15) is 31.9 Å². The van der Waals surface area contributed by atoms with Gasteiger partial charge in [-0.2, -0.15) is 0 Å². The van der Waals surface area contributed by atoms with Gasteiger partial charge in [0.2, 0.25) is 10.0 Å². The monoisotopic (exact) mass is 256 g/mol. The van der Waals surface area contributed by atoms with Gasteiger partial charge in [-0.05, 0) is 44.9 Å². The second-order valence-electron chi connectivity index (χ2n) is 5.10. The van der Waals surface area contributed by atoms with Crippen molar-refractivity contribution in [3.63, 3.8) is 0 Å². The molecular weight excluding hydrogens is 236 g/mol. The highest BCUT2D eigenvalue weighted by molar-refractivity contribution is 7.89. The third kappa shape index (κ3) is 3.52. The summed E-state index contributed by atoms with van der Waals surface area (Å²) >= 11 is 0. The fourth-order valence-electron chi connectivity index (χ4n) is 1.63. The summed E-state index contributed by atoms with van der Waals surface area (Å²) in [5, 5.41) is 0. The normalized spacial score (nSPS) is 12.8. The van der Waals surface area contributed by atoms with Gasteiger partial charge in [-0.25, -0.2) is 13.1 Å². The molecule has 17 heavy (non-hydrogen) atoms. The highest BCUT2D eigenvalue weighted by Crippen LogP contribution is 2.20. The molecule has 0 spiro atoms. The fraction of sp³-hybridized carbons (Fsp3) is 0.500. The summed E-state index contributed by atoms with van der Waals surface area (Å²) in [6, 6.07) is 5.15. The van der Waals surface area contributed by atoms with Crippen LogP contribution in [0.15, 0.2) is 23.1 Å². The predicted molar refractivity (Wildman–Crippen MR) is 69.1 cm³/mol. The van der Waals surface area contributed by atoms with Gasteiger partial charge in [0.15, 0.2) is 0 Å². The lowest BCUT2D eigenvalue weighted by Crippen LogP contribution is -2.40. The van der Waals surface area contributed by atoms with Crippen molar-refractivity contribution in [1.82, 2.24) is 4.72 Å². The van der Waals surface area contributed by atoms with Gasteiger partial charge in [0.05, 0.1) is 4.90 Å². The number of benzene rings is 1. The van der Waals surface area contributed by atoms with E-state index in [2.05, 4.69) is 4.72 Å². The van der Waals surface area contributed by atoms with Gasteiger partial charge >= 0.3 is 0 Å². The first-order valence-electron chi connectivity index (χ1n) is 5.50. The number of sulfonamides is 1. The minimum atomic E-state index is -3.49. The Hall–Kier alpha value is -0.910. The molecule has 0 saturated heterocycles. The maximum absolute atomic E-state index is 12.2. The molecule has 3 N–H and O–H groups in total. The Balaban J connectivity index is 3.25. The Morgan fingerprint density at radius 1 is 1.29 bits per heavy atom. The second-order valence-corrected chi connectivity index (χ2v) is 6.75. The van der Waals surface area contributed by atoms with Gasteiger partial charge in [0.25, 0.3) is 0 Å². The summed E-state index contributed by atoms with van der Waals surface area (Å²) in [7, 11) is -3.49. The van der Waals surface area contributed by atoms with Crippen LogP contribution in [0.25, 0.3) is 0 Å². The van der Waals surface area contributed by atoms with Crippen molar-refractivity contribution in [2.75, 3.05) is 0 Å². The van der Waals surface area contributed by atoms with Gasteiger partial charge in [-0.3, -0.25) is 0 Å². The van der Waals surface area contributed by atoms with E-state index in [1.54, 1.807) is 19.1 Å². The van der Waals surface area contributed by atoms with Gasteiger partial charge in [-0.15, -0.1) is 0 Å². The Morgan fingerprint density at radius 2 is 1.88 bits per heavy atom. The van der Waals surface area contributed by atoms with Gasteiger partial charge in [0.1, 0.15) is 0 Å². The molecule has 0 unspecified atom stereocenters. The Kier molecular flexibility index (Phi) is 3.96. The smallest absolute Gasteiger partial charge is 0.241 e. The molecule has 96 valence electrons. The van der Waals surface area contributed by atoms with E-state index < -0.39 is 15.6 Å². The van der Waals surface area contributed by atoms with E-state index in [9.17, 15) is 8.42 Å². The Labute approximate surface area is 103 Å². The molecule has 0 aromatic heterocycles. The van der Waals surface area contributed by atoms with Crippen molar-refractivity contribution in [3.05, 3.63) is 29.3 Å². The summed E-state index contributed by atoms with van der Waals surface area (Å²) in [4.78, 5) is 0.301. The van der Waals surface area contributed by atoms with Gasteiger partial charge in [-0.1, -0.05) is 12.1 Å². The molecule has 0 bridgehead atoms. The van der Waals surface area contributed by atoms with Gasteiger partial charge < -0.3 is 5.73 Å². The van der Waals surface area contributed by atoms with Gasteiger partial charge in [0, 0.05) is 12.1 Å². The van der Waals surface area contributed by atoms with Crippen molar-refractivity contribution in [2.45, 2.75) is 44.7 Å². The number of hydrogen-bond donors (Lipinski definition) is 2. The van der Waals surface area contributed by atoms with Crippen molar-refractivity contribution in [1.29, 1.82) is 0 Å². The molecule has 1 aromatic rings. The lowest BCUT2D eigenvalue weighted by molar-refractivity contribution is 0.491. The topological polar surface area (TPSA) is 72.2 Å². The van der Waals surface area contributed by atoms with E-state index in [4.69, 9.17) is 5.73 Å². The second kappa shape index (κ2) is 4.76. The molecule has 5 heteroatoms. The van der Waals surface area contributed by atoms with Crippen molar-refractivity contribution in [3.8, 4) is 0 Å². The van der Waals surface area contributed by atoms with E-state index in [-0.39, 0.29) is 0 Å². The molecular formula is C12H20N2O2S. The third-order valence-corrected chi connectivity index (χ3v) is 4.25. The molecule has 0 aliphatic heterocycles. The molecule has 1 aromatic carbocycles. The van der Waals surface area contributed by atoms with Crippen LogP contribution < -0.4 is 10.5 Å². The summed E-state index contributed by atoms with van der Waals surface area (Å²) in [6.07, 6.45) is 0. The standard InChI is InChI=1S/C12H20N2O2S/c1-9-10(8-13)6-5-7-11(9)17(15,16)14-12(2,3)4/h5-7,14H,8,13H2,1-4H3. The molecule has 0 aliphatic rings. The largest absolute Gasteiger partial charge is 0.326 e. The quantitative estimate of drug-likeness (QED) is 0.861. The molecule has 4 nitrogen and oxygen atoms in total. The van der Waals surface area contributed by atoms with Crippen LogP contribution in [0.3, 0.4) is 0 Å². The van der Waals surface area contributed by atoms with E-state index >= 15 is 0 Å². The minimum absolute atomic E-state index is 0.301. The van der Waals surface area contributed by atoms with Crippen LogP contribution in [0.5, 0.6) is 0 Å². The van der Waals surface area contributed by atoms with Crippen LogP contribution in [-0.4, -0.2) is 14.0 Å². The number of nitrogens with one attached hydrogen (secondary N) is 1. The molecule has 0 heterocycles. The molecule has 1 rings (SSSR count). The molecule has 0 amide bonds. The maximum atomic E-state index is 12.2. The van der Waals surface area contributed by atoms with E-state index in [1.165, 1.54) is 0 Å². The zero-order valence-electron chi connectivity index (χ0n) is 10.7. The first kappa shape index (κ1) is 14.2. The van der Waals surface area contributed by atoms with Crippen molar-refractivity contribution < 1.29 is 8.42 Å². The van der Waals surface area contributed by atoms with Crippen LogP contribution in [0.4, 0.5) is 0 Å². The highest BCUT2D eigenvalue weighted by atomic mass is 32.2. The Morgan fingerprint density at radius 3 is 2.35 bits per heavy atom.